The highest BCUT2D eigenvalue weighted by atomic mass is 16.2. The van der Waals surface area contributed by atoms with Crippen LogP contribution in [0.3, 0.4) is 0 Å². The Labute approximate surface area is 174 Å². The molecule has 0 radical (unpaired) electrons. The fourth-order valence-corrected chi connectivity index (χ4v) is 4.04. The van der Waals surface area contributed by atoms with E-state index in [-0.39, 0.29) is 23.7 Å². The minimum absolute atomic E-state index is 0.00204. The number of nitrogens with zero attached hydrogens (tertiary/aromatic N) is 1. The van der Waals surface area contributed by atoms with Gasteiger partial charge in [-0.3, -0.25) is 9.59 Å². The van der Waals surface area contributed by atoms with Crippen LogP contribution in [-0.2, 0) is 11.2 Å². The van der Waals surface area contributed by atoms with Crippen LogP contribution in [0.25, 0.3) is 0 Å². The summed E-state index contributed by atoms with van der Waals surface area (Å²) in [6.45, 7) is 5.64. The Kier molecular flexibility index (Phi) is 7.21. The number of nitrogens with two attached hydrogens (primary N) is 1. The molecule has 154 valence electrons. The summed E-state index contributed by atoms with van der Waals surface area (Å²) in [7, 11) is 0. The zero-order chi connectivity index (χ0) is 20.8. The third kappa shape index (κ3) is 5.77. The van der Waals surface area contributed by atoms with E-state index in [2.05, 4.69) is 26.0 Å². The topological polar surface area (TPSA) is 63.4 Å². The van der Waals surface area contributed by atoms with Crippen LogP contribution in [0.1, 0.15) is 60.6 Å². The van der Waals surface area contributed by atoms with Gasteiger partial charge in [-0.05, 0) is 36.3 Å². The van der Waals surface area contributed by atoms with E-state index in [0.29, 0.717) is 25.4 Å². The number of piperidine rings is 1. The summed E-state index contributed by atoms with van der Waals surface area (Å²) < 4.78 is 0. The van der Waals surface area contributed by atoms with Crippen molar-refractivity contribution in [2.24, 2.45) is 17.6 Å². The van der Waals surface area contributed by atoms with Gasteiger partial charge in [-0.15, -0.1) is 0 Å². The molecule has 1 fully saturated rings. The van der Waals surface area contributed by atoms with Crippen molar-refractivity contribution in [3.05, 3.63) is 71.3 Å². The first-order valence-electron chi connectivity index (χ1n) is 10.7. The number of Topliss-reactive ketones (excluding diaryl/α,β-unsaturated/α-hetero) is 1. The van der Waals surface area contributed by atoms with Crippen LogP contribution in [-0.4, -0.2) is 29.7 Å². The number of hydrogen-bond donors (Lipinski definition) is 1. The van der Waals surface area contributed by atoms with Gasteiger partial charge >= 0.3 is 0 Å². The molecule has 0 spiro atoms. The van der Waals surface area contributed by atoms with Crippen molar-refractivity contribution in [1.29, 1.82) is 0 Å². The van der Waals surface area contributed by atoms with Crippen molar-refractivity contribution >= 4 is 11.7 Å². The van der Waals surface area contributed by atoms with Crippen LogP contribution < -0.4 is 5.73 Å². The first kappa shape index (κ1) is 21.3. The van der Waals surface area contributed by atoms with Gasteiger partial charge in [0.1, 0.15) is 0 Å². The second-order valence-electron chi connectivity index (χ2n) is 8.54. The molecule has 1 aliphatic rings. The fourth-order valence-electron chi connectivity index (χ4n) is 4.04. The van der Waals surface area contributed by atoms with E-state index >= 15 is 0 Å². The molecule has 1 heterocycles. The van der Waals surface area contributed by atoms with E-state index in [0.717, 1.165) is 30.4 Å². The number of ketones is 1. The first-order chi connectivity index (χ1) is 13.9. The quantitative estimate of drug-likeness (QED) is 0.711. The fraction of sp³-hybridized carbons (Fsp3) is 0.440. The molecule has 4 nitrogen and oxygen atoms in total. The summed E-state index contributed by atoms with van der Waals surface area (Å²) in [5, 5.41) is 0. The number of carbonyl (C=O) groups excluding carboxylic acids is 2. The van der Waals surface area contributed by atoms with E-state index < -0.39 is 0 Å². The predicted octanol–water partition coefficient (Wildman–Crippen LogP) is 4.40. The third-order valence-corrected chi connectivity index (χ3v) is 5.72. The van der Waals surface area contributed by atoms with Gasteiger partial charge in [-0.25, -0.2) is 0 Å². The van der Waals surface area contributed by atoms with Crippen LogP contribution in [0, 0.1) is 11.8 Å². The van der Waals surface area contributed by atoms with Crippen molar-refractivity contribution in [3.8, 4) is 0 Å². The number of amides is 1. The van der Waals surface area contributed by atoms with Crippen molar-refractivity contribution in [1.82, 2.24) is 4.90 Å². The zero-order valence-corrected chi connectivity index (χ0v) is 17.5. The van der Waals surface area contributed by atoms with Crippen LogP contribution in [0.15, 0.2) is 54.6 Å². The normalized spacial score (nSPS) is 16.1. The number of carbonyl (C=O) groups is 2. The highest BCUT2D eigenvalue weighted by Gasteiger charge is 2.28. The van der Waals surface area contributed by atoms with Gasteiger partial charge in [0.25, 0.3) is 0 Å². The molecule has 0 aromatic heterocycles. The molecule has 4 heteroatoms. The lowest BCUT2D eigenvalue weighted by atomic mass is 9.88. The van der Waals surface area contributed by atoms with Crippen molar-refractivity contribution in [2.75, 3.05) is 13.1 Å². The second-order valence-corrected chi connectivity index (χ2v) is 8.54. The Morgan fingerprint density at radius 3 is 2.21 bits per heavy atom. The van der Waals surface area contributed by atoms with Crippen LogP contribution in [0.4, 0.5) is 0 Å². The minimum Gasteiger partial charge on any atom is -0.343 e. The summed E-state index contributed by atoms with van der Waals surface area (Å²) in [5.74, 6) is 0.880. The Balaban J connectivity index is 1.50. The average molecular weight is 393 g/mol. The summed E-state index contributed by atoms with van der Waals surface area (Å²) in [6, 6.07) is 17.5. The second kappa shape index (κ2) is 9.84. The lowest BCUT2D eigenvalue weighted by Gasteiger charge is -2.32. The first-order valence-corrected chi connectivity index (χ1v) is 10.7. The summed E-state index contributed by atoms with van der Waals surface area (Å²) in [6.07, 6.45) is 2.78. The monoisotopic (exact) mass is 392 g/mol. The third-order valence-electron chi connectivity index (χ3n) is 5.72. The largest absolute Gasteiger partial charge is 0.343 e. The van der Waals surface area contributed by atoms with Crippen LogP contribution >= 0.6 is 0 Å². The molecular formula is C25H32N2O2. The van der Waals surface area contributed by atoms with E-state index in [4.69, 9.17) is 5.73 Å². The molecule has 0 aliphatic carbocycles. The molecule has 3 rings (SSSR count). The predicted molar refractivity (Wildman–Crippen MR) is 117 cm³/mol. The summed E-state index contributed by atoms with van der Waals surface area (Å²) in [4.78, 5) is 27.3. The molecule has 1 amide bonds. The van der Waals surface area contributed by atoms with Gasteiger partial charge in [0.05, 0.1) is 0 Å². The Bertz CT molecular complexity index is 806. The van der Waals surface area contributed by atoms with Crippen molar-refractivity contribution in [3.63, 3.8) is 0 Å². The van der Waals surface area contributed by atoms with E-state index in [1.165, 1.54) is 5.56 Å². The Morgan fingerprint density at radius 2 is 1.62 bits per heavy atom. The van der Waals surface area contributed by atoms with Gasteiger partial charge in [0.15, 0.2) is 5.78 Å². The smallest absolute Gasteiger partial charge is 0.224 e. The maximum atomic E-state index is 12.8. The summed E-state index contributed by atoms with van der Waals surface area (Å²) in [5.41, 5.74) is 9.23. The van der Waals surface area contributed by atoms with Crippen LogP contribution in [0.5, 0.6) is 0 Å². The number of likely N-dealkylation sites (tertiary alicyclic amines) is 1. The molecule has 2 N–H and O–H groups in total. The van der Waals surface area contributed by atoms with Gasteiger partial charge in [0, 0.05) is 37.0 Å². The average Bonchev–Trinajstić information content (AvgIpc) is 2.74. The minimum atomic E-state index is -0.285. The maximum Gasteiger partial charge on any atom is 0.224 e. The molecule has 1 unspecified atom stereocenters. The van der Waals surface area contributed by atoms with Crippen LogP contribution in [0.2, 0.25) is 0 Å². The highest BCUT2D eigenvalue weighted by molar-refractivity contribution is 5.98. The molecule has 1 atom stereocenters. The molecule has 29 heavy (non-hydrogen) atoms. The van der Waals surface area contributed by atoms with Crippen molar-refractivity contribution < 1.29 is 9.59 Å². The van der Waals surface area contributed by atoms with E-state index in [9.17, 15) is 9.59 Å². The zero-order valence-electron chi connectivity index (χ0n) is 17.5. The van der Waals surface area contributed by atoms with Gasteiger partial charge < -0.3 is 10.6 Å². The van der Waals surface area contributed by atoms with Gasteiger partial charge in [0.2, 0.25) is 5.91 Å². The SMILES string of the molecule is CC(C)Cc1ccc(C(=O)C2CCN(C(=O)CC(N)c3ccccc3)CC2)cc1. The molecule has 1 saturated heterocycles. The van der Waals surface area contributed by atoms with Gasteiger partial charge in [-0.2, -0.15) is 0 Å². The molecule has 1 aliphatic heterocycles. The molecular weight excluding hydrogens is 360 g/mol. The van der Waals surface area contributed by atoms with E-state index in [1.54, 1.807) is 0 Å². The molecule has 2 aromatic carbocycles. The lowest BCUT2D eigenvalue weighted by molar-refractivity contribution is -0.132. The van der Waals surface area contributed by atoms with Crippen molar-refractivity contribution in [2.45, 2.75) is 45.6 Å². The highest BCUT2D eigenvalue weighted by Crippen LogP contribution is 2.24. The number of hydrogen-bond acceptors (Lipinski definition) is 3. The van der Waals surface area contributed by atoms with Gasteiger partial charge in [-0.1, -0.05) is 68.4 Å². The number of rotatable bonds is 7. The van der Waals surface area contributed by atoms with E-state index in [1.807, 2.05) is 47.4 Å². The molecule has 2 aromatic rings. The Hall–Kier alpha value is -2.46. The standard InChI is InChI=1S/C25H32N2O2/c1-18(2)16-19-8-10-21(11-9-19)25(29)22-12-14-27(15-13-22)24(28)17-23(26)20-6-4-3-5-7-20/h3-11,18,22-23H,12-17,26H2,1-2H3. The summed E-state index contributed by atoms with van der Waals surface area (Å²) >= 11 is 0. The molecule has 0 bridgehead atoms. The molecule has 0 saturated carbocycles. The maximum absolute atomic E-state index is 12.8. The number of benzene rings is 2. The lowest BCUT2D eigenvalue weighted by Crippen LogP contribution is -2.41. The Morgan fingerprint density at radius 1 is 1.00 bits per heavy atom.